The second-order valence-electron chi connectivity index (χ2n) is 6.06. The van der Waals surface area contributed by atoms with Gasteiger partial charge in [-0.05, 0) is 17.9 Å². The second kappa shape index (κ2) is 6.20. The zero-order valence-corrected chi connectivity index (χ0v) is 12.9. The van der Waals surface area contributed by atoms with Gasteiger partial charge in [-0.15, -0.1) is 0 Å². The molecule has 94 valence electrons. The van der Waals surface area contributed by atoms with Crippen molar-refractivity contribution in [3.63, 3.8) is 0 Å². The van der Waals surface area contributed by atoms with E-state index in [0.717, 1.165) is 0 Å². The predicted molar refractivity (Wildman–Crippen MR) is 81.5 cm³/mol. The van der Waals surface area contributed by atoms with Crippen molar-refractivity contribution >= 4 is 13.3 Å². The molecule has 1 rings (SSSR count). The van der Waals surface area contributed by atoms with E-state index in [-0.39, 0.29) is 0 Å². The molecule has 0 radical (unpaired) electrons. The molecule has 0 spiro atoms. The minimum atomic E-state index is -1.27. The van der Waals surface area contributed by atoms with E-state index in [1.807, 2.05) is 0 Å². The average Bonchev–Trinajstić information content (AvgIpc) is 2.27. The van der Waals surface area contributed by atoms with Crippen LogP contribution < -0.4 is 5.19 Å². The summed E-state index contributed by atoms with van der Waals surface area (Å²) in [7, 11) is -1.27. The number of rotatable bonds is 5. The van der Waals surface area contributed by atoms with Crippen LogP contribution in [-0.2, 0) is 0 Å². The van der Waals surface area contributed by atoms with Gasteiger partial charge in [-0.25, -0.2) is 0 Å². The lowest BCUT2D eigenvalue weighted by Gasteiger charge is -2.25. The molecular formula is C16H26Si. The lowest BCUT2D eigenvalue weighted by atomic mass is 10.1. The maximum atomic E-state index is 2.47. The van der Waals surface area contributed by atoms with Gasteiger partial charge in [0.25, 0.3) is 0 Å². The van der Waals surface area contributed by atoms with Crippen LogP contribution in [0.15, 0.2) is 42.5 Å². The third-order valence-electron chi connectivity index (χ3n) is 3.21. The van der Waals surface area contributed by atoms with Crippen LogP contribution in [0.5, 0.6) is 0 Å². The van der Waals surface area contributed by atoms with Crippen molar-refractivity contribution in [2.75, 3.05) is 0 Å². The summed E-state index contributed by atoms with van der Waals surface area (Å²) >= 11 is 0. The van der Waals surface area contributed by atoms with E-state index in [9.17, 15) is 0 Å². The summed E-state index contributed by atoms with van der Waals surface area (Å²) in [5.74, 6) is 1.36. The van der Waals surface area contributed by atoms with E-state index in [0.29, 0.717) is 11.8 Å². The quantitative estimate of drug-likeness (QED) is 0.532. The summed E-state index contributed by atoms with van der Waals surface area (Å²) in [5.41, 5.74) is 0. The van der Waals surface area contributed by atoms with Crippen LogP contribution in [-0.4, -0.2) is 8.07 Å². The van der Waals surface area contributed by atoms with Gasteiger partial charge in [-0.2, -0.15) is 0 Å². The Labute approximate surface area is 108 Å². The van der Waals surface area contributed by atoms with Gasteiger partial charge in [-0.1, -0.05) is 81.5 Å². The summed E-state index contributed by atoms with van der Waals surface area (Å²) in [5, 5.41) is 1.57. The van der Waals surface area contributed by atoms with Gasteiger partial charge in [0.15, 0.2) is 0 Å². The molecule has 0 aliphatic carbocycles. The predicted octanol–water partition coefficient (Wildman–Crippen LogP) is 4.45. The summed E-state index contributed by atoms with van der Waals surface area (Å²) in [6.07, 6.45) is 4.72. The Morgan fingerprint density at radius 3 is 2.12 bits per heavy atom. The first-order valence-electron chi connectivity index (χ1n) is 6.65. The van der Waals surface area contributed by atoms with Gasteiger partial charge in [0.1, 0.15) is 0 Å². The van der Waals surface area contributed by atoms with Crippen molar-refractivity contribution in [1.82, 2.24) is 0 Å². The highest BCUT2D eigenvalue weighted by Crippen LogP contribution is 2.18. The average molecular weight is 246 g/mol. The summed E-state index contributed by atoms with van der Waals surface area (Å²) in [6.45, 7) is 11.8. The van der Waals surface area contributed by atoms with Gasteiger partial charge in [0.2, 0.25) is 0 Å². The highest BCUT2D eigenvalue weighted by molar-refractivity contribution is 6.89. The highest BCUT2D eigenvalue weighted by Gasteiger charge is 2.24. The molecular weight excluding hydrogens is 220 g/mol. The molecule has 0 nitrogen and oxygen atoms in total. The van der Waals surface area contributed by atoms with Crippen molar-refractivity contribution in [3.8, 4) is 0 Å². The smallest absolute Gasteiger partial charge is 0.0812 e. The summed E-state index contributed by atoms with van der Waals surface area (Å²) in [4.78, 5) is 0. The second-order valence-corrected chi connectivity index (χ2v) is 10.8. The maximum Gasteiger partial charge on any atom is 0.0812 e. The third kappa shape index (κ3) is 4.91. The van der Waals surface area contributed by atoms with Gasteiger partial charge >= 0.3 is 0 Å². The fourth-order valence-electron chi connectivity index (χ4n) is 2.29. The fourth-order valence-corrected chi connectivity index (χ4v) is 5.37. The molecule has 1 heteroatoms. The van der Waals surface area contributed by atoms with Crippen LogP contribution in [0.4, 0.5) is 0 Å². The van der Waals surface area contributed by atoms with E-state index >= 15 is 0 Å². The first-order chi connectivity index (χ1) is 7.92. The van der Waals surface area contributed by atoms with E-state index in [1.54, 1.807) is 5.19 Å². The molecule has 0 fully saturated rings. The minimum absolute atomic E-state index is 0.666. The molecule has 0 heterocycles. The first kappa shape index (κ1) is 14.2. The monoisotopic (exact) mass is 246 g/mol. The minimum Gasteiger partial charge on any atom is -0.0857 e. The molecule has 1 aromatic rings. The molecule has 1 atom stereocenters. The molecule has 0 bridgehead atoms. The van der Waals surface area contributed by atoms with Crippen LogP contribution in [0, 0.1) is 11.8 Å². The number of allylic oxidation sites excluding steroid dienone is 2. The fraction of sp³-hybridized carbons (Fsp3) is 0.500. The van der Waals surface area contributed by atoms with Crippen molar-refractivity contribution in [3.05, 3.63) is 42.5 Å². The molecule has 0 amide bonds. The van der Waals surface area contributed by atoms with Crippen molar-refractivity contribution in [2.24, 2.45) is 11.8 Å². The van der Waals surface area contributed by atoms with Gasteiger partial charge in [-0.3, -0.25) is 0 Å². The molecule has 17 heavy (non-hydrogen) atoms. The number of benzene rings is 1. The van der Waals surface area contributed by atoms with Crippen LogP contribution >= 0.6 is 0 Å². The Morgan fingerprint density at radius 2 is 1.59 bits per heavy atom. The van der Waals surface area contributed by atoms with Crippen molar-refractivity contribution in [1.29, 1.82) is 0 Å². The lowest BCUT2D eigenvalue weighted by molar-refractivity contribution is 0.771. The van der Waals surface area contributed by atoms with E-state index in [2.05, 4.69) is 76.3 Å². The Hall–Kier alpha value is -0.823. The van der Waals surface area contributed by atoms with E-state index in [4.69, 9.17) is 0 Å². The topological polar surface area (TPSA) is 0 Å². The molecule has 0 aliphatic heterocycles. The zero-order chi connectivity index (χ0) is 12.9. The van der Waals surface area contributed by atoms with E-state index in [1.165, 1.54) is 6.04 Å². The highest BCUT2D eigenvalue weighted by atomic mass is 28.3. The van der Waals surface area contributed by atoms with Gasteiger partial charge in [0.05, 0.1) is 8.07 Å². The van der Waals surface area contributed by atoms with Crippen LogP contribution in [0.2, 0.25) is 19.1 Å². The normalized spacial score (nSPS) is 14.5. The Bertz CT molecular complexity index is 349. The number of hydrogen-bond acceptors (Lipinski definition) is 0. The van der Waals surface area contributed by atoms with E-state index < -0.39 is 8.07 Å². The molecule has 0 N–H and O–H groups in total. The van der Waals surface area contributed by atoms with Crippen LogP contribution in [0.25, 0.3) is 0 Å². The van der Waals surface area contributed by atoms with Crippen molar-refractivity contribution < 1.29 is 0 Å². The first-order valence-corrected chi connectivity index (χ1v) is 9.86. The van der Waals surface area contributed by atoms with Gasteiger partial charge in [0, 0.05) is 0 Å². The van der Waals surface area contributed by atoms with Gasteiger partial charge < -0.3 is 0 Å². The summed E-state index contributed by atoms with van der Waals surface area (Å²) < 4.78 is 0. The Balaban J connectivity index is 2.67. The largest absolute Gasteiger partial charge is 0.0857 e. The zero-order valence-electron chi connectivity index (χ0n) is 11.9. The lowest BCUT2D eigenvalue weighted by Crippen LogP contribution is -2.42. The third-order valence-corrected chi connectivity index (χ3v) is 6.77. The standard InChI is InChI=1S/C16H26Si/c1-14(2)11-12-15(3)13-17(4,5)16-9-7-6-8-10-16/h6-12,14-15H,13H2,1-5H3/b12-11+. The Kier molecular flexibility index (Phi) is 5.19. The summed E-state index contributed by atoms with van der Waals surface area (Å²) in [6, 6.07) is 12.4. The molecule has 1 unspecified atom stereocenters. The number of hydrogen-bond donors (Lipinski definition) is 0. The maximum absolute atomic E-state index is 2.47. The van der Waals surface area contributed by atoms with Crippen molar-refractivity contribution in [2.45, 2.75) is 39.9 Å². The van der Waals surface area contributed by atoms with Crippen LogP contribution in [0.3, 0.4) is 0 Å². The molecule has 1 aromatic carbocycles. The molecule has 0 aliphatic rings. The molecule has 0 saturated heterocycles. The molecule has 0 aromatic heterocycles. The van der Waals surface area contributed by atoms with Crippen LogP contribution in [0.1, 0.15) is 20.8 Å². The SMILES string of the molecule is CC(C)/C=C/C(C)C[Si](C)(C)c1ccccc1. The molecule has 0 saturated carbocycles. The Morgan fingerprint density at radius 1 is 1.00 bits per heavy atom.